The van der Waals surface area contributed by atoms with Crippen LogP contribution in [-0.2, 0) is 17.6 Å². The number of piperidine rings is 1. The third-order valence-corrected chi connectivity index (χ3v) is 5.60. The van der Waals surface area contributed by atoms with Gasteiger partial charge in [0.25, 0.3) is 0 Å². The number of benzene rings is 1. The Labute approximate surface area is 166 Å². The van der Waals surface area contributed by atoms with Crippen molar-refractivity contribution in [3.05, 3.63) is 53.7 Å². The van der Waals surface area contributed by atoms with Crippen molar-refractivity contribution in [3.8, 4) is 11.4 Å². The average Bonchev–Trinajstić information content (AvgIpc) is 3.20. The highest BCUT2D eigenvalue weighted by Gasteiger charge is 2.30. The molecule has 28 heavy (non-hydrogen) atoms. The molecule has 1 atom stereocenters. The van der Waals surface area contributed by atoms with E-state index in [1.807, 2.05) is 25.1 Å². The van der Waals surface area contributed by atoms with Gasteiger partial charge in [0.1, 0.15) is 5.82 Å². The predicted octanol–water partition coefficient (Wildman–Crippen LogP) is 3.54. The van der Waals surface area contributed by atoms with Crippen LogP contribution in [0.15, 0.2) is 42.5 Å². The molecule has 1 aromatic heterocycles. The number of rotatable bonds is 5. The molecule has 1 saturated heterocycles. The van der Waals surface area contributed by atoms with Gasteiger partial charge in [0.05, 0.1) is 5.92 Å². The normalized spacial score (nSPS) is 18.6. The molecule has 0 radical (unpaired) electrons. The lowest BCUT2D eigenvalue weighted by Crippen LogP contribution is -2.44. The van der Waals surface area contributed by atoms with Crippen LogP contribution >= 0.6 is 0 Å². The van der Waals surface area contributed by atoms with E-state index in [2.05, 4.69) is 28.9 Å². The average molecular weight is 377 g/mol. The Balaban J connectivity index is 1.60. The van der Waals surface area contributed by atoms with Crippen LogP contribution in [0, 0.1) is 5.92 Å². The molecule has 1 aromatic carbocycles. The fourth-order valence-electron chi connectivity index (χ4n) is 4.16. The van der Waals surface area contributed by atoms with Gasteiger partial charge < -0.3 is 10.2 Å². The zero-order chi connectivity index (χ0) is 19.5. The minimum Gasteiger partial charge on any atom is -0.355 e. The first-order valence-electron chi connectivity index (χ1n) is 10.2. The molecule has 5 nitrogen and oxygen atoms in total. The lowest BCUT2D eigenvalue weighted by Gasteiger charge is -2.34. The first-order chi connectivity index (χ1) is 13.6. The van der Waals surface area contributed by atoms with Crippen molar-refractivity contribution < 1.29 is 4.79 Å². The Morgan fingerprint density at radius 1 is 1.21 bits per heavy atom. The van der Waals surface area contributed by atoms with Gasteiger partial charge in [0, 0.05) is 36.5 Å². The Morgan fingerprint density at radius 2 is 2.04 bits per heavy atom. The molecule has 1 N–H and O–H groups in total. The number of nitrogens with zero attached hydrogens (tertiary/aromatic N) is 3. The number of fused-ring (bicyclic) bond motifs is 1. The third kappa shape index (κ3) is 3.93. The molecule has 2 heterocycles. The zero-order valence-electron chi connectivity index (χ0n) is 16.6. The van der Waals surface area contributed by atoms with E-state index in [0.29, 0.717) is 6.54 Å². The summed E-state index contributed by atoms with van der Waals surface area (Å²) < 4.78 is 0. The molecule has 1 aliphatic heterocycles. The van der Waals surface area contributed by atoms with Crippen LogP contribution in [-0.4, -0.2) is 35.5 Å². The van der Waals surface area contributed by atoms with Gasteiger partial charge in [-0.1, -0.05) is 42.5 Å². The highest BCUT2D eigenvalue weighted by molar-refractivity contribution is 5.80. The molecule has 1 amide bonds. The summed E-state index contributed by atoms with van der Waals surface area (Å²) in [5, 5.41) is 3.02. The first-order valence-corrected chi connectivity index (χ1v) is 10.2. The summed E-state index contributed by atoms with van der Waals surface area (Å²) in [5.74, 6) is 1.96. The molecule has 0 saturated carbocycles. The van der Waals surface area contributed by atoms with Crippen molar-refractivity contribution in [1.82, 2.24) is 15.3 Å². The fourth-order valence-corrected chi connectivity index (χ4v) is 4.16. The van der Waals surface area contributed by atoms with Crippen LogP contribution in [0.4, 0.5) is 5.82 Å². The van der Waals surface area contributed by atoms with Gasteiger partial charge in [-0.2, -0.15) is 0 Å². The van der Waals surface area contributed by atoms with Crippen LogP contribution < -0.4 is 10.2 Å². The van der Waals surface area contributed by atoms with Gasteiger partial charge in [-0.05, 0) is 39.0 Å². The molecule has 4 rings (SSSR count). The third-order valence-electron chi connectivity index (χ3n) is 5.60. The summed E-state index contributed by atoms with van der Waals surface area (Å²) in [6.45, 7) is 8.02. The number of hydrogen-bond acceptors (Lipinski definition) is 4. The Bertz CT molecular complexity index is 878. The van der Waals surface area contributed by atoms with Gasteiger partial charge in [-0.15, -0.1) is 0 Å². The predicted molar refractivity (Wildman–Crippen MR) is 112 cm³/mol. The molecular formula is C23H28N4O. The van der Waals surface area contributed by atoms with Gasteiger partial charge in [0.15, 0.2) is 5.82 Å². The fraction of sp³-hybridized carbons (Fsp3) is 0.435. The van der Waals surface area contributed by atoms with E-state index in [1.165, 1.54) is 11.3 Å². The number of aromatic nitrogens is 2. The van der Waals surface area contributed by atoms with Crippen LogP contribution in [0.5, 0.6) is 0 Å². The molecule has 1 fully saturated rings. The van der Waals surface area contributed by atoms with Crippen molar-refractivity contribution in [2.45, 2.75) is 39.0 Å². The lowest BCUT2D eigenvalue weighted by molar-refractivity contribution is -0.125. The van der Waals surface area contributed by atoms with Crippen LogP contribution in [0.3, 0.4) is 0 Å². The van der Waals surface area contributed by atoms with Crippen LogP contribution in [0.1, 0.15) is 37.4 Å². The molecule has 2 aliphatic rings. The standard InChI is InChI=1S/C23H28N4O/c1-16(2)14-24-23(28)18-10-7-13-27(15-18)22-19-11-6-12-20(19)25-21(26-22)17-8-4-3-5-9-17/h3-5,8-9,18H,1,6-7,10-15H2,2H3,(H,24,28). The monoisotopic (exact) mass is 376 g/mol. The smallest absolute Gasteiger partial charge is 0.225 e. The van der Waals surface area contributed by atoms with Gasteiger partial charge in [0.2, 0.25) is 5.91 Å². The Kier molecular flexibility index (Phi) is 5.42. The van der Waals surface area contributed by atoms with Gasteiger partial charge >= 0.3 is 0 Å². The summed E-state index contributed by atoms with van der Waals surface area (Å²) in [4.78, 5) is 24.7. The van der Waals surface area contributed by atoms with Crippen molar-refractivity contribution in [3.63, 3.8) is 0 Å². The van der Waals surface area contributed by atoms with Gasteiger partial charge in [-0.3, -0.25) is 4.79 Å². The van der Waals surface area contributed by atoms with Crippen molar-refractivity contribution in [1.29, 1.82) is 0 Å². The summed E-state index contributed by atoms with van der Waals surface area (Å²) >= 11 is 0. The molecule has 0 bridgehead atoms. The van der Waals surface area contributed by atoms with E-state index in [1.54, 1.807) is 0 Å². The minimum absolute atomic E-state index is 0.000272. The second-order valence-electron chi connectivity index (χ2n) is 7.98. The van der Waals surface area contributed by atoms with E-state index in [4.69, 9.17) is 9.97 Å². The lowest BCUT2D eigenvalue weighted by atomic mass is 9.96. The van der Waals surface area contributed by atoms with E-state index in [0.717, 1.165) is 68.0 Å². The summed E-state index contributed by atoms with van der Waals surface area (Å²) in [5.41, 5.74) is 4.48. The molecule has 1 unspecified atom stereocenters. The number of carbonyl (C=O) groups is 1. The summed E-state index contributed by atoms with van der Waals surface area (Å²) in [6.07, 6.45) is 5.11. The molecule has 1 aliphatic carbocycles. The second-order valence-corrected chi connectivity index (χ2v) is 7.98. The second kappa shape index (κ2) is 8.13. The molecule has 5 heteroatoms. The molecule has 146 valence electrons. The molecule has 0 spiro atoms. The Morgan fingerprint density at radius 3 is 2.82 bits per heavy atom. The molecular weight excluding hydrogens is 348 g/mol. The number of carbonyl (C=O) groups excluding carboxylic acids is 1. The zero-order valence-corrected chi connectivity index (χ0v) is 16.6. The van der Waals surface area contributed by atoms with E-state index >= 15 is 0 Å². The van der Waals surface area contributed by atoms with Crippen molar-refractivity contribution in [2.75, 3.05) is 24.5 Å². The first kappa shape index (κ1) is 18.7. The highest BCUT2D eigenvalue weighted by Crippen LogP contribution is 2.33. The maximum Gasteiger partial charge on any atom is 0.225 e. The van der Waals surface area contributed by atoms with E-state index in [-0.39, 0.29) is 11.8 Å². The highest BCUT2D eigenvalue weighted by atomic mass is 16.1. The van der Waals surface area contributed by atoms with Crippen LogP contribution in [0.2, 0.25) is 0 Å². The number of anilines is 1. The number of aryl methyl sites for hydroxylation is 1. The largest absolute Gasteiger partial charge is 0.355 e. The van der Waals surface area contributed by atoms with E-state index < -0.39 is 0 Å². The minimum atomic E-state index is 0.000272. The SMILES string of the molecule is C=C(C)CNC(=O)C1CCCN(c2nc(-c3ccccc3)nc3c2CCC3)C1. The van der Waals surface area contributed by atoms with E-state index in [9.17, 15) is 4.79 Å². The Hall–Kier alpha value is -2.69. The maximum atomic E-state index is 12.6. The van der Waals surface area contributed by atoms with Crippen LogP contribution in [0.25, 0.3) is 11.4 Å². The number of amides is 1. The number of nitrogens with one attached hydrogen (secondary N) is 1. The molecule has 2 aromatic rings. The summed E-state index contributed by atoms with van der Waals surface area (Å²) in [7, 11) is 0. The summed E-state index contributed by atoms with van der Waals surface area (Å²) in [6, 6.07) is 10.2. The van der Waals surface area contributed by atoms with Gasteiger partial charge in [-0.25, -0.2) is 9.97 Å². The van der Waals surface area contributed by atoms with Crippen molar-refractivity contribution in [2.24, 2.45) is 5.92 Å². The maximum absolute atomic E-state index is 12.6. The number of hydrogen-bond donors (Lipinski definition) is 1. The topological polar surface area (TPSA) is 58.1 Å². The quantitative estimate of drug-likeness (QED) is 0.811. The van der Waals surface area contributed by atoms with Crippen molar-refractivity contribution >= 4 is 11.7 Å².